The minimum Gasteiger partial charge on any atom is -0.387 e. The summed E-state index contributed by atoms with van der Waals surface area (Å²) in [6, 6.07) is 2.50. The van der Waals surface area contributed by atoms with Crippen molar-refractivity contribution in [3.63, 3.8) is 0 Å². The van der Waals surface area contributed by atoms with Gasteiger partial charge >= 0.3 is 6.18 Å². The smallest absolute Gasteiger partial charge is 0.387 e. The van der Waals surface area contributed by atoms with Crippen molar-refractivity contribution < 1.29 is 23.1 Å². The van der Waals surface area contributed by atoms with Crippen LogP contribution in [-0.4, -0.2) is 24.1 Å². The van der Waals surface area contributed by atoms with Crippen LogP contribution in [0.1, 0.15) is 31.1 Å². The summed E-state index contributed by atoms with van der Waals surface area (Å²) in [5, 5.41) is 15.2. The standard InChI is InChI=1S/C13H17F3N2O2/c1-7(17-3)12(20)10-5-4-9(13(14,15)16)6-11(10)18-8(2)19/h4-7,12,17,20H,1-3H3,(H,18,19). The number of carbonyl (C=O) groups excluding carboxylic acids is 1. The van der Waals surface area contributed by atoms with E-state index in [1.54, 1.807) is 14.0 Å². The number of rotatable bonds is 4. The Morgan fingerprint density at radius 1 is 1.35 bits per heavy atom. The largest absolute Gasteiger partial charge is 0.416 e. The third-order valence-electron chi connectivity index (χ3n) is 2.94. The summed E-state index contributed by atoms with van der Waals surface area (Å²) < 4.78 is 38.0. The van der Waals surface area contributed by atoms with Gasteiger partial charge < -0.3 is 15.7 Å². The van der Waals surface area contributed by atoms with E-state index in [9.17, 15) is 23.1 Å². The first-order valence-corrected chi connectivity index (χ1v) is 6.01. The van der Waals surface area contributed by atoms with Crippen molar-refractivity contribution in [2.24, 2.45) is 0 Å². The Morgan fingerprint density at radius 3 is 2.40 bits per heavy atom. The normalized spacial score (nSPS) is 14.8. The number of halogens is 3. The maximum atomic E-state index is 12.7. The summed E-state index contributed by atoms with van der Waals surface area (Å²) in [7, 11) is 1.62. The molecule has 112 valence electrons. The number of nitrogens with one attached hydrogen (secondary N) is 2. The summed E-state index contributed by atoms with van der Waals surface area (Å²) in [5.41, 5.74) is -0.689. The maximum absolute atomic E-state index is 12.7. The highest BCUT2D eigenvalue weighted by atomic mass is 19.4. The Labute approximate surface area is 115 Å². The van der Waals surface area contributed by atoms with Gasteiger partial charge in [-0.3, -0.25) is 4.79 Å². The number of hydrogen-bond donors (Lipinski definition) is 3. The molecular formula is C13H17F3N2O2. The van der Waals surface area contributed by atoms with Gasteiger partial charge in [0, 0.05) is 24.2 Å². The Hall–Kier alpha value is -1.60. The van der Waals surface area contributed by atoms with Crippen molar-refractivity contribution in [3.05, 3.63) is 29.3 Å². The average Bonchev–Trinajstić information content (AvgIpc) is 2.35. The molecule has 0 aliphatic rings. The average molecular weight is 290 g/mol. The summed E-state index contributed by atoms with van der Waals surface area (Å²) >= 11 is 0. The molecule has 2 atom stereocenters. The lowest BCUT2D eigenvalue weighted by Gasteiger charge is -2.22. The van der Waals surface area contributed by atoms with Crippen LogP contribution in [0.15, 0.2) is 18.2 Å². The molecule has 4 nitrogen and oxygen atoms in total. The van der Waals surface area contributed by atoms with E-state index in [2.05, 4.69) is 10.6 Å². The number of anilines is 1. The van der Waals surface area contributed by atoms with Crippen molar-refractivity contribution in [2.75, 3.05) is 12.4 Å². The van der Waals surface area contributed by atoms with Crippen molar-refractivity contribution in [3.8, 4) is 0 Å². The Morgan fingerprint density at radius 2 is 1.95 bits per heavy atom. The Balaban J connectivity index is 3.26. The summed E-state index contributed by atoms with van der Waals surface area (Å²) in [5.74, 6) is -0.505. The molecule has 1 aromatic carbocycles. The lowest BCUT2D eigenvalue weighted by Crippen LogP contribution is -2.29. The topological polar surface area (TPSA) is 61.4 Å². The minimum absolute atomic E-state index is 0.0399. The van der Waals surface area contributed by atoms with E-state index in [0.29, 0.717) is 0 Å². The molecule has 20 heavy (non-hydrogen) atoms. The second kappa shape index (κ2) is 6.23. The molecule has 0 spiro atoms. The number of amides is 1. The lowest BCUT2D eigenvalue weighted by molar-refractivity contribution is -0.137. The molecular weight excluding hydrogens is 273 g/mol. The fraction of sp³-hybridized carbons (Fsp3) is 0.462. The van der Waals surface area contributed by atoms with E-state index in [0.717, 1.165) is 12.1 Å². The third-order valence-corrected chi connectivity index (χ3v) is 2.94. The highest BCUT2D eigenvalue weighted by Gasteiger charge is 2.32. The molecule has 1 rings (SSSR count). The molecule has 0 aliphatic carbocycles. The van der Waals surface area contributed by atoms with Crippen LogP contribution in [-0.2, 0) is 11.0 Å². The zero-order valence-electron chi connectivity index (χ0n) is 11.4. The van der Waals surface area contributed by atoms with Crippen LogP contribution >= 0.6 is 0 Å². The second-order valence-electron chi connectivity index (χ2n) is 4.50. The lowest BCUT2D eigenvalue weighted by atomic mass is 9.99. The van der Waals surface area contributed by atoms with E-state index in [1.165, 1.54) is 13.0 Å². The van der Waals surface area contributed by atoms with Crippen molar-refractivity contribution in [1.82, 2.24) is 5.32 Å². The molecule has 0 radical (unpaired) electrons. The zero-order valence-corrected chi connectivity index (χ0v) is 11.4. The molecule has 0 fully saturated rings. The Kier molecular flexibility index (Phi) is 5.13. The number of benzene rings is 1. The van der Waals surface area contributed by atoms with Crippen molar-refractivity contribution >= 4 is 11.6 Å². The zero-order chi connectivity index (χ0) is 15.5. The first-order valence-electron chi connectivity index (χ1n) is 6.01. The van der Waals surface area contributed by atoms with E-state index in [1.807, 2.05) is 0 Å². The van der Waals surface area contributed by atoms with Crippen LogP contribution in [0.2, 0.25) is 0 Å². The molecule has 1 aromatic rings. The predicted molar refractivity (Wildman–Crippen MR) is 69.2 cm³/mol. The molecule has 0 saturated heterocycles. The third kappa shape index (κ3) is 3.94. The molecule has 2 unspecified atom stereocenters. The highest BCUT2D eigenvalue weighted by Crippen LogP contribution is 2.34. The first kappa shape index (κ1) is 16.5. The number of carbonyl (C=O) groups is 1. The molecule has 1 amide bonds. The van der Waals surface area contributed by atoms with Gasteiger partial charge in [0.1, 0.15) is 0 Å². The van der Waals surface area contributed by atoms with Crippen LogP contribution in [0.5, 0.6) is 0 Å². The molecule has 3 N–H and O–H groups in total. The van der Waals surface area contributed by atoms with Crippen molar-refractivity contribution in [2.45, 2.75) is 32.2 Å². The van der Waals surface area contributed by atoms with E-state index in [-0.39, 0.29) is 17.3 Å². The van der Waals surface area contributed by atoms with Crippen LogP contribution in [0.25, 0.3) is 0 Å². The van der Waals surface area contributed by atoms with Crippen LogP contribution in [0.4, 0.5) is 18.9 Å². The fourth-order valence-corrected chi connectivity index (χ4v) is 1.72. The molecule has 7 heteroatoms. The van der Waals surface area contributed by atoms with Crippen molar-refractivity contribution in [1.29, 1.82) is 0 Å². The molecule has 0 aliphatic heterocycles. The summed E-state index contributed by atoms with van der Waals surface area (Å²) in [4.78, 5) is 11.1. The van der Waals surface area contributed by atoms with Gasteiger partial charge in [0.2, 0.25) is 5.91 Å². The van der Waals surface area contributed by atoms with Gasteiger partial charge in [0.15, 0.2) is 0 Å². The monoisotopic (exact) mass is 290 g/mol. The van der Waals surface area contributed by atoms with Gasteiger partial charge in [-0.1, -0.05) is 6.07 Å². The fourth-order valence-electron chi connectivity index (χ4n) is 1.72. The molecule has 0 bridgehead atoms. The first-order chi connectivity index (χ1) is 9.16. The number of likely N-dealkylation sites (N-methyl/N-ethyl adjacent to an activating group) is 1. The Bertz CT molecular complexity index is 489. The van der Waals surface area contributed by atoms with Gasteiger partial charge in [-0.2, -0.15) is 13.2 Å². The number of alkyl halides is 3. The van der Waals surface area contributed by atoms with Crippen LogP contribution in [0, 0.1) is 0 Å². The molecule has 0 aromatic heterocycles. The van der Waals surface area contributed by atoms with E-state index < -0.39 is 23.8 Å². The quantitative estimate of drug-likeness (QED) is 0.797. The van der Waals surface area contributed by atoms with Gasteiger partial charge in [-0.25, -0.2) is 0 Å². The predicted octanol–water partition coefficient (Wildman–Crippen LogP) is 2.31. The molecule has 0 saturated carbocycles. The van der Waals surface area contributed by atoms with Gasteiger partial charge in [0.05, 0.1) is 11.7 Å². The molecule has 0 heterocycles. The van der Waals surface area contributed by atoms with E-state index in [4.69, 9.17) is 0 Å². The van der Waals surface area contributed by atoms with E-state index >= 15 is 0 Å². The van der Waals surface area contributed by atoms with Gasteiger partial charge in [-0.05, 0) is 26.1 Å². The number of hydrogen-bond acceptors (Lipinski definition) is 3. The summed E-state index contributed by atoms with van der Waals surface area (Å²) in [6.45, 7) is 2.87. The van der Waals surface area contributed by atoms with Gasteiger partial charge in [-0.15, -0.1) is 0 Å². The SMILES string of the molecule is CNC(C)C(O)c1ccc(C(F)(F)F)cc1NC(C)=O. The van der Waals surface area contributed by atoms with Gasteiger partial charge in [0.25, 0.3) is 0 Å². The second-order valence-corrected chi connectivity index (χ2v) is 4.50. The number of aliphatic hydroxyl groups excluding tert-OH is 1. The summed E-state index contributed by atoms with van der Waals surface area (Å²) in [6.07, 6.45) is -5.55. The van der Waals surface area contributed by atoms with Crippen LogP contribution in [0.3, 0.4) is 0 Å². The maximum Gasteiger partial charge on any atom is 0.416 e. The minimum atomic E-state index is -4.51. The van der Waals surface area contributed by atoms with Crippen LogP contribution < -0.4 is 10.6 Å². The highest BCUT2D eigenvalue weighted by molar-refractivity contribution is 5.89. The number of aliphatic hydroxyl groups is 1.